The molecule has 21 heavy (non-hydrogen) atoms. The highest BCUT2D eigenvalue weighted by Crippen LogP contribution is 2.29. The van der Waals surface area contributed by atoms with Crippen LogP contribution in [0.3, 0.4) is 0 Å². The largest absolute Gasteiger partial charge is 0.488 e. The molecule has 0 spiro atoms. The Bertz CT molecular complexity index is 560. The van der Waals surface area contributed by atoms with Crippen LogP contribution in [0.15, 0.2) is 23.8 Å². The van der Waals surface area contributed by atoms with Gasteiger partial charge in [-0.2, -0.15) is 0 Å². The monoisotopic (exact) mass is 313 g/mol. The van der Waals surface area contributed by atoms with E-state index in [9.17, 15) is 20.1 Å². The van der Waals surface area contributed by atoms with Crippen molar-refractivity contribution in [2.24, 2.45) is 0 Å². The second-order valence-corrected chi connectivity index (χ2v) is 5.29. The SMILES string of the molecule is O=C(NC(CO)(CO)CO)C1=Cc2cc(Cl)ccc2OC1. The summed E-state index contributed by atoms with van der Waals surface area (Å²) in [5, 5.41) is 30.6. The summed E-state index contributed by atoms with van der Waals surface area (Å²) >= 11 is 5.89. The van der Waals surface area contributed by atoms with Gasteiger partial charge in [0.2, 0.25) is 0 Å². The van der Waals surface area contributed by atoms with Gasteiger partial charge in [-0.05, 0) is 24.3 Å². The van der Waals surface area contributed by atoms with Crippen LogP contribution in [-0.4, -0.2) is 53.2 Å². The van der Waals surface area contributed by atoms with Crippen LogP contribution in [0.5, 0.6) is 5.75 Å². The maximum atomic E-state index is 12.2. The molecule has 6 nitrogen and oxygen atoms in total. The third kappa shape index (κ3) is 3.36. The van der Waals surface area contributed by atoms with Crippen molar-refractivity contribution in [2.75, 3.05) is 26.4 Å². The molecule has 4 N–H and O–H groups in total. The fraction of sp³-hybridized carbons (Fsp3) is 0.357. The molecule has 1 heterocycles. The fourth-order valence-electron chi connectivity index (χ4n) is 1.87. The number of rotatable bonds is 5. The van der Waals surface area contributed by atoms with Gasteiger partial charge >= 0.3 is 0 Å². The number of hydrogen-bond donors (Lipinski definition) is 4. The minimum Gasteiger partial charge on any atom is -0.488 e. The van der Waals surface area contributed by atoms with Gasteiger partial charge in [-0.1, -0.05) is 11.6 Å². The van der Waals surface area contributed by atoms with E-state index in [4.69, 9.17) is 16.3 Å². The number of halogens is 1. The molecule has 7 heteroatoms. The van der Waals surface area contributed by atoms with E-state index in [2.05, 4.69) is 5.32 Å². The Hall–Kier alpha value is -1.60. The molecule has 0 aromatic heterocycles. The van der Waals surface area contributed by atoms with Crippen molar-refractivity contribution in [3.63, 3.8) is 0 Å². The van der Waals surface area contributed by atoms with Crippen LogP contribution in [-0.2, 0) is 4.79 Å². The molecule has 0 saturated heterocycles. The van der Waals surface area contributed by atoms with Crippen molar-refractivity contribution in [2.45, 2.75) is 5.54 Å². The summed E-state index contributed by atoms with van der Waals surface area (Å²) in [5.74, 6) is 0.0893. The zero-order valence-electron chi connectivity index (χ0n) is 11.2. The maximum absolute atomic E-state index is 12.2. The first-order chi connectivity index (χ1) is 10.0. The fourth-order valence-corrected chi connectivity index (χ4v) is 2.05. The Labute approximate surface area is 126 Å². The molecule has 2 rings (SSSR count). The Balaban J connectivity index is 2.21. The first-order valence-corrected chi connectivity index (χ1v) is 6.69. The summed E-state index contributed by atoms with van der Waals surface area (Å²) in [6, 6.07) is 5.07. The number of fused-ring (bicyclic) bond motifs is 1. The minimum atomic E-state index is -1.47. The zero-order valence-corrected chi connectivity index (χ0v) is 11.9. The average molecular weight is 314 g/mol. The highest BCUT2D eigenvalue weighted by atomic mass is 35.5. The second-order valence-electron chi connectivity index (χ2n) is 4.85. The van der Waals surface area contributed by atoms with E-state index in [0.29, 0.717) is 21.9 Å². The smallest absolute Gasteiger partial charge is 0.251 e. The van der Waals surface area contributed by atoms with Crippen LogP contribution in [0.25, 0.3) is 6.08 Å². The quantitative estimate of drug-likeness (QED) is 0.611. The maximum Gasteiger partial charge on any atom is 0.251 e. The summed E-state index contributed by atoms with van der Waals surface area (Å²) in [4.78, 5) is 12.2. The predicted octanol–water partition coefficient (Wildman–Crippen LogP) is -0.0523. The van der Waals surface area contributed by atoms with Crippen molar-refractivity contribution in [1.82, 2.24) is 5.32 Å². The number of aliphatic hydroxyl groups is 3. The van der Waals surface area contributed by atoms with E-state index in [1.165, 1.54) is 0 Å². The standard InChI is InChI=1S/C14H16ClNO5/c15-11-1-2-12-9(4-11)3-10(5-21-12)13(20)16-14(6-17,7-18)8-19/h1-4,17-19H,5-8H2,(H,16,20). The van der Waals surface area contributed by atoms with Crippen molar-refractivity contribution in [1.29, 1.82) is 0 Å². The number of ether oxygens (including phenoxy) is 1. The van der Waals surface area contributed by atoms with Gasteiger partial charge in [0.15, 0.2) is 0 Å². The van der Waals surface area contributed by atoms with E-state index in [1.807, 2.05) is 0 Å². The average Bonchev–Trinajstić information content (AvgIpc) is 2.51. The first kappa shape index (κ1) is 15.8. The third-order valence-corrected chi connectivity index (χ3v) is 3.50. The molecule has 0 aliphatic carbocycles. The second kappa shape index (κ2) is 6.44. The number of carbonyl (C=O) groups is 1. The van der Waals surface area contributed by atoms with E-state index >= 15 is 0 Å². The number of benzene rings is 1. The van der Waals surface area contributed by atoms with Gasteiger partial charge < -0.3 is 25.4 Å². The molecule has 0 radical (unpaired) electrons. The highest BCUT2D eigenvalue weighted by Gasteiger charge is 2.31. The number of amides is 1. The molecule has 1 aliphatic rings. The van der Waals surface area contributed by atoms with Gasteiger partial charge in [0.1, 0.15) is 17.9 Å². The van der Waals surface area contributed by atoms with Crippen LogP contribution in [0.1, 0.15) is 5.56 Å². The van der Waals surface area contributed by atoms with Gasteiger partial charge in [-0.25, -0.2) is 0 Å². The summed E-state index contributed by atoms with van der Waals surface area (Å²) < 4.78 is 5.45. The molecule has 1 aliphatic heterocycles. The Morgan fingerprint density at radius 2 is 1.95 bits per heavy atom. The molecule has 0 atom stereocenters. The molecule has 1 amide bonds. The summed E-state index contributed by atoms with van der Waals surface area (Å²) in [6.07, 6.45) is 1.62. The Morgan fingerprint density at radius 3 is 2.57 bits per heavy atom. The lowest BCUT2D eigenvalue weighted by Gasteiger charge is -2.29. The Morgan fingerprint density at radius 1 is 1.29 bits per heavy atom. The highest BCUT2D eigenvalue weighted by molar-refractivity contribution is 6.30. The van der Waals surface area contributed by atoms with Gasteiger partial charge in [0.25, 0.3) is 5.91 Å². The zero-order chi connectivity index (χ0) is 15.5. The van der Waals surface area contributed by atoms with E-state index < -0.39 is 31.3 Å². The van der Waals surface area contributed by atoms with E-state index in [0.717, 1.165) is 0 Å². The molecule has 0 fully saturated rings. The third-order valence-electron chi connectivity index (χ3n) is 3.26. The lowest BCUT2D eigenvalue weighted by molar-refractivity contribution is -0.122. The summed E-state index contributed by atoms with van der Waals surface area (Å²) in [7, 11) is 0. The van der Waals surface area contributed by atoms with Crippen LogP contribution in [0, 0.1) is 0 Å². The molecule has 1 aromatic carbocycles. The molecule has 1 aromatic rings. The summed E-state index contributed by atoms with van der Waals surface area (Å²) in [6.45, 7) is -1.69. The minimum absolute atomic E-state index is 0.0544. The lowest BCUT2D eigenvalue weighted by Crippen LogP contribution is -2.57. The molecule has 0 bridgehead atoms. The Kier molecular flexibility index (Phi) is 4.84. The van der Waals surface area contributed by atoms with Crippen molar-refractivity contribution >= 4 is 23.6 Å². The van der Waals surface area contributed by atoms with E-state index in [1.54, 1.807) is 24.3 Å². The van der Waals surface area contributed by atoms with Crippen LogP contribution >= 0.6 is 11.6 Å². The summed E-state index contributed by atoms with van der Waals surface area (Å²) in [5.41, 5.74) is -0.488. The molecule has 114 valence electrons. The number of aliphatic hydroxyl groups excluding tert-OH is 3. The number of hydrogen-bond acceptors (Lipinski definition) is 5. The normalized spacial score (nSPS) is 14.0. The molecular weight excluding hydrogens is 298 g/mol. The topological polar surface area (TPSA) is 99.0 Å². The first-order valence-electron chi connectivity index (χ1n) is 6.31. The van der Waals surface area contributed by atoms with Crippen molar-refractivity contribution in [3.05, 3.63) is 34.4 Å². The van der Waals surface area contributed by atoms with E-state index in [-0.39, 0.29) is 6.61 Å². The molecular formula is C14H16ClNO5. The predicted molar refractivity (Wildman–Crippen MR) is 77.1 cm³/mol. The molecule has 0 unspecified atom stereocenters. The lowest BCUT2D eigenvalue weighted by atomic mass is 10.0. The van der Waals surface area contributed by atoms with Crippen molar-refractivity contribution in [3.8, 4) is 5.75 Å². The van der Waals surface area contributed by atoms with Gasteiger partial charge in [-0.3, -0.25) is 4.79 Å². The van der Waals surface area contributed by atoms with Crippen LogP contribution in [0.2, 0.25) is 5.02 Å². The van der Waals surface area contributed by atoms with Gasteiger partial charge in [0.05, 0.1) is 25.4 Å². The van der Waals surface area contributed by atoms with Gasteiger partial charge in [0, 0.05) is 10.6 Å². The van der Waals surface area contributed by atoms with Crippen LogP contribution in [0.4, 0.5) is 0 Å². The molecule has 0 saturated carbocycles. The van der Waals surface area contributed by atoms with Crippen LogP contribution < -0.4 is 10.1 Å². The van der Waals surface area contributed by atoms with Crippen molar-refractivity contribution < 1.29 is 24.9 Å². The number of nitrogens with one attached hydrogen (secondary N) is 1. The van der Waals surface area contributed by atoms with Gasteiger partial charge in [-0.15, -0.1) is 0 Å². The number of carbonyl (C=O) groups excluding carboxylic acids is 1.